The van der Waals surface area contributed by atoms with E-state index in [1.165, 1.54) is 0 Å². The SMILES string of the molecule is C=Cc1ccc2c(C(=O)NCC(C)C)cn(CC)c2c1. The summed E-state index contributed by atoms with van der Waals surface area (Å²) in [6, 6.07) is 6.07. The second kappa shape index (κ2) is 5.95. The highest BCUT2D eigenvalue weighted by molar-refractivity contribution is 6.07. The largest absolute Gasteiger partial charge is 0.352 e. The third-order valence-electron chi connectivity index (χ3n) is 3.40. The van der Waals surface area contributed by atoms with Gasteiger partial charge in [-0.1, -0.05) is 38.6 Å². The molecule has 0 unspecified atom stereocenters. The molecule has 0 bridgehead atoms. The summed E-state index contributed by atoms with van der Waals surface area (Å²) in [5.74, 6) is 0.452. The normalized spacial score (nSPS) is 11.0. The minimum Gasteiger partial charge on any atom is -0.352 e. The van der Waals surface area contributed by atoms with Gasteiger partial charge in [-0.15, -0.1) is 0 Å². The lowest BCUT2D eigenvalue weighted by Crippen LogP contribution is -2.27. The van der Waals surface area contributed by atoms with Gasteiger partial charge in [0.2, 0.25) is 0 Å². The van der Waals surface area contributed by atoms with Gasteiger partial charge in [-0.05, 0) is 24.5 Å². The summed E-state index contributed by atoms with van der Waals surface area (Å²) in [5, 5.41) is 3.98. The second-order valence-corrected chi connectivity index (χ2v) is 5.41. The molecule has 0 aliphatic rings. The van der Waals surface area contributed by atoms with Gasteiger partial charge in [0.05, 0.1) is 5.56 Å². The van der Waals surface area contributed by atoms with Gasteiger partial charge in [-0.3, -0.25) is 4.79 Å². The summed E-state index contributed by atoms with van der Waals surface area (Å²) in [4.78, 5) is 12.3. The molecule has 0 fully saturated rings. The summed E-state index contributed by atoms with van der Waals surface area (Å²) in [5.41, 5.74) is 2.90. The average molecular weight is 270 g/mol. The molecule has 0 saturated carbocycles. The van der Waals surface area contributed by atoms with Crippen LogP contribution < -0.4 is 5.32 Å². The van der Waals surface area contributed by atoms with Crippen molar-refractivity contribution >= 4 is 22.9 Å². The maximum atomic E-state index is 12.3. The number of amides is 1. The predicted octanol–water partition coefficient (Wildman–Crippen LogP) is 3.69. The topological polar surface area (TPSA) is 34.0 Å². The number of aromatic nitrogens is 1. The maximum Gasteiger partial charge on any atom is 0.253 e. The molecule has 1 N–H and O–H groups in total. The number of benzene rings is 1. The molecule has 2 rings (SSSR count). The van der Waals surface area contributed by atoms with Crippen LogP contribution in [-0.2, 0) is 6.54 Å². The van der Waals surface area contributed by atoms with Crippen LogP contribution in [0, 0.1) is 5.92 Å². The average Bonchev–Trinajstić information content (AvgIpc) is 2.82. The van der Waals surface area contributed by atoms with Crippen molar-refractivity contribution in [1.82, 2.24) is 9.88 Å². The zero-order valence-electron chi connectivity index (χ0n) is 12.4. The molecule has 0 aliphatic carbocycles. The van der Waals surface area contributed by atoms with E-state index in [2.05, 4.69) is 43.3 Å². The van der Waals surface area contributed by atoms with Crippen LogP contribution in [0.25, 0.3) is 17.0 Å². The lowest BCUT2D eigenvalue weighted by atomic mass is 10.1. The number of nitrogens with zero attached hydrogens (tertiary/aromatic N) is 1. The summed E-state index contributed by atoms with van der Waals surface area (Å²) in [6.07, 6.45) is 3.76. The molecule has 1 amide bonds. The minimum absolute atomic E-state index is 0.00209. The Morgan fingerprint density at radius 2 is 2.20 bits per heavy atom. The van der Waals surface area contributed by atoms with Crippen LogP contribution in [-0.4, -0.2) is 17.0 Å². The summed E-state index contributed by atoms with van der Waals surface area (Å²) >= 11 is 0. The fraction of sp³-hybridized carbons (Fsp3) is 0.353. The quantitative estimate of drug-likeness (QED) is 0.883. The Labute approximate surface area is 120 Å². The Hall–Kier alpha value is -2.03. The molecular weight excluding hydrogens is 248 g/mol. The van der Waals surface area contributed by atoms with E-state index in [4.69, 9.17) is 0 Å². The van der Waals surface area contributed by atoms with E-state index in [0.29, 0.717) is 12.5 Å². The smallest absolute Gasteiger partial charge is 0.253 e. The molecular formula is C17H22N2O. The summed E-state index contributed by atoms with van der Waals surface area (Å²) < 4.78 is 2.10. The van der Waals surface area contributed by atoms with Crippen molar-refractivity contribution in [2.24, 2.45) is 5.92 Å². The van der Waals surface area contributed by atoms with Crippen LogP contribution >= 0.6 is 0 Å². The van der Waals surface area contributed by atoms with Crippen molar-refractivity contribution in [2.75, 3.05) is 6.54 Å². The molecule has 20 heavy (non-hydrogen) atoms. The first kappa shape index (κ1) is 14.4. The molecule has 1 aromatic heterocycles. The third kappa shape index (κ3) is 2.77. The molecule has 3 heteroatoms. The molecule has 2 aromatic rings. The standard InChI is InChI=1S/C17H22N2O/c1-5-13-7-8-14-15(17(20)18-10-12(3)4)11-19(6-2)16(14)9-13/h5,7-9,11-12H,1,6,10H2,2-4H3,(H,18,20). The van der Waals surface area contributed by atoms with Gasteiger partial charge < -0.3 is 9.88 Å². The summed E-state index contributed by atoms with van der Waals surface area (Å²) in [6.45, 7) is 11.6. The van der Waals surface area contributed by atoms with Gasteiger partial charge in [0, 0.05) is 30.2 Å². The van der Waals surface area contributed by atoms with E-state index in [1.807, 2.05) is 24.4 Å². The monoisotopic (exact) mass is 270 g/mol. The lowest BCUT2D eigenvalue weighted by molar-refractivity contribution is 0.0950. The Balaban J connectivity index is 2.43. The van der Waals surface area contributed by atoms with Crippen molar-refractivity contribution in [2.45, 2.75) is 27.3 Å². The van der Waals surface area contributed by atoms with Crippen LogP contribution in [0.5, 0.6) is 0 Å². The van der Waals surface area contributed by atoms with Crippen molar-refractivity contribution in [3.63, 3.8) is 0 Å². The number of hydrogen-bond donors (Lipinski definition) is 1. The molecule has 3 nitrogen and oxygen atoms in total. The predicted molar refractivity (Wildman–Crippen MR) is 84.9 cm³/mol. The second-order valence-electron chi connectivity index (χ2n) is 5.41. The first-order valence-electron chi connectivity index (χ1n) is 7.10. The van der Waals surface area contributed by atoms with E-state index < -0.39 is 0 Å². The number of fused-ring (bicyclic) bond motifs is 1. The maximum absolute atomic E-state index is 12.3. The Morgan fingerprint density at radius 3 is 2.80 bits per heavy atom. The third-order valence-corrected chi connectivity index (χ3v) is 3.40. The fourth-order valence-corrected chi connectivity index (χ4v) is 2.27. The Morgan fingerprint density at radius 1 is 1.45 bits per heavy atom. The number of rotatable bonds is 5. The molecule has 0 spiro atoms. The van der Waals surface area contributed by atoms with Gasteiger partial charge >= 0.3 is 0 Å². The first-order chi connectivity index (χ1) is 9.56. The molecule has 0 atom stereocenters. The highest BCUT2D eigenvalue weighted by Gasteiger charge is 2.14. The summed E-state index contributed by atoms with van der Waals surface area (Å²) in [7, 11) is 0. The van der Waals surface area contributed by atoms with Gasteiger partial charge in [0.15, 0.2) is 0 Å². The fourth-order valence-electron chi connectivity index (χ4n) is 2.27. The van der Waals surface area contributed by atoms with Crippen LogP contribution in [0.2, 0.25) is 0 Å². The van der Waals surface area contributed by atoms with E-state index in [-0.39, 0.29) is 5.91 Å². The van der Waals surface area contributed by atoms with Gasteiger partial charge in [0.1, 0.15) is 0 Å². The zero-order valence-corrected chi connectivity index (χ0v) is 12.4. The van der Waals surface area contributed by atoms with Gasteiger partial charge in [-0.25, -0.2) is 0 Å². The molecule has 1 aromatic carbocycles. The molecule has 0 radical (unpaired) electrons. The highest BCUT2D eigenvalue weighted by Crippen LogP contribution is 2.23. The molecule has 106 valence electrons. The Bertz CT molecular complexity index is 638. The van der Waals surface area contributed by atoms with Crippen molar-refractivity contribution in [1.29, 1.82) is 0 Å². The minimum atomic E-state index is 0.00209. The first-order valence-corrected chi connectivity index (χ1v) is 7.10. The van der Waals surface area contributed by atoms with E-state index in [1.54, 1.807) is 0 Å². The molecule has 0 aliphatic heterocycles. The van der Waals surface area contributed by atoms with Crippen molar-refractivity contribution in [3.8, 4) is 0 Å². The molecule has 0 saturated heterocycles. The zero-order chi connectivity index (χ0) is 14.7. The van der Waals surface area contributed by atoms with Gasteiger partial charge in [-0.2, -0.15) is 0 Å². The lowest BCUT2D eigenvalue weighted by Gasteiger charge is -2.06. The number of carbonyl (C=O) groups excluding carboxylic acids is 1. The van der Waals surface area contributed by atoms with E-state index in [9.17, 15) is 4.79 Å². The van der Waals surface area contributed by atoms with Crippen LogP contribution in [0.4, 0.5) is 0 Å². The van der Waals surface area contributed by atoms with Crippen LogP contribution in [0.3, 0.4) is 0 Å². The van der Waals surface area contributed by atoms with Crippen LogP contribution in [0.15, 0.2) is 31.0 Å². The van der Waals surface area contributed by atoms with Crippen molar-refractivity contribution < 1.29 is 4.79 Å². The Kier molecular flexibility index (Phi) is 4.28. The van der Waals surface area contributed by atoms with Crippen molar-refractivity contribution in [3.05, 3.63) is 42.1 Å². The van der Waals surface area contributed by atoms with E-state index >= 15 is 0 Å². The van der Waals surface area contributed by atoms with Crippen LogP contribution in [0.1, 0.15) is 36.7 Å². The number of hydrogen-bond acceptors (Lipinski definition) is 1. The van der Waals surface area contributed by atoms with Gasteiger partial charge in [0.25, 0.3) is 5.91 Å². The number of aryl methyl sites for hydroxylation is 1. The van der Waals surface area contributed by atoms with E-state index in [0.717, 1.165) is 28.6 Å². The molecule has 1 heterocycles. The highest BCUT2D eigenvalue weighted by atomic mass is 16.1. The number of carbonyl (C=O) groups is 1. The number of nitrogens with one attached hydrogen (secondary N) is 1.